The Morgan fingerprint density at radius 1 is 0.926 bits per heavy atom. The van der Waals surface area contributed by atoms with Crippen LogP contribution >= 0.6 is 0 Å². The van der Waals surface area contributed by atoms with Crippen LogP contribution in [-0.4, -0.2) is 15.7 Å². The van der Waals surface area contributed by atoms with Gasteiger partial charge in [0.05, 0.1) is 17.8 Å². The van der Waals surface area contributed by atoms with Gasteiger partial charge < -0.3 is 5.32 Å². The standard InChI is InChI=1S/C23H21N3O/c1-16-22(17(2)26(25-16)15-18-8-4-3-5-9-18)23(27)24-21-13-12-19-10-6-7-11-20(19)14-21/h3-14H,15H2,1-2H3,(H,24,27). The molecule has 0 aliphatic carbocycles. The van der Waals surface area contributed by atoms with Crippen molar-refractivity contribution >= 4 is 22.4 Å². The molecular weight excluding hydrogens is 334 g/mol. The quantitative estimate of drug-likeness (QED) is 0.563. The number of aromatic nitrogens is 2. The number of nitrogens with one attached hydrogen (secondary N) is 1. The predicted molar refractivity (Wildman–Crippen MR) is 109 cm³/mol. The summed E-state index contributed by atoms with van der Waals surface area (Å²) in [5.41, 5.74) is 4.19. The van der Waals surface area contributed by atoms with Crippen molar-refractivity contribution in [1.29, 1.82) is 0 Å². The summed E-state index contributed by atoms with van der Waals surface area (Å²) in [6.45, 7) is 4.47. The van der Waals surface area contributed by atoms with E-state index in [0.29, 0.717) is 12.1 Å². The van der Waals surface area contributed by atoms with Gasteiger partial charge in [-0.15, -0.1) is 0 Å². The molecule has 1 aromatic heterocycles. The molecule has 1 heterocycles. The third-order valence-corrected chi connectivity index (χ3v) is 4.79. The lowest BCUT2D eigenvalue weighted by Gasteiger charge is -2.08. The van der Waals surface area contributed by atoms with E-state index in [1.807, 2.05) is 73.1 Å². The van der Waals surface area contributed by atoms with Crippen molar-refractivity contribution in [3.63, 3.8) is 0 Å². The molecule has 0 atom stereocenters. The van der Waals surface area contributed by atoms with Crippen molar-refractivity contribution in [2.45, 2.75) is 20.4 Å². The summed E-state index contributed by atoms with van der Waals surface area (Å²) < 4.78 is 1.89. The van der Waals surface area contributed by atoms with E-state index in [1.54, 1.807) is 0 Å². The molecule has 0 saturated carbocycles. The predicted octanol–water partition coefficient (Wildman–Crippen LogP) is 4.95. The molecule has 134 valence electrons. The number of carbonyl (C=O) groups excluding carboxylic acids is 1. The zero-order valence-electron chi connectivity index (χ0n) is 15.4. The molecule has 1 N–H and O–H groups in total. The summed E-state index contributed by atoms with van der Waals surface area (Å²) >= 11 is 0. The number of amides is 1. The lowest BCUT2D eigenvalue weighted by molar-refractivity contribution is 0.102. The summed E-state index contributed by atoms with van der Waals surface area (Å²) in [6, 6.07) is 24.2. The van der Waals surface area contributed by atoms with Crippen molar-refractivity contribution < 1.29 is 4.79 Å². The van der Waals surface area contributed by atoms with Crippen LogP contribution < -0.4 is 5.32 Å². The van der Waals surface area contributed by atoms with Crippen molar-refractivity contribution in [1.82, 2.24) is 9.78 Å². The van der Waals surface area contributed by atoms with Crippen molar-refractivity contribution in [2.24, 2.45) is 0 Å². The van der Waals surface area contributed by atoms with Crippen molar-refractivity contribution in [2.75, 3.05) is 5.32 Å². The number of rotatable bonds is 4. The van der Waals surface area contributed by atoms with Gasteiger partial charge in [0.1, 0.15) is 0 Å². The maximum absolute atomic E-state index is 12.9. The smallest absolute Gasteiger partial charge is 0.259 e. The number of carbonyl (C=O) groups is 1. The topological polar surface area (TPSA) is 46.9 Å². The lowest BCUT2D eigenvalue weighted by atomic mass is 10.1. The van der Waals surface area contributed by atoms with Gasteiger partial charge in [-0.1, -0.05) is 60.7 Å². The second-order valence-corrected chi connectivity index (χ2v) is 6.71. The van der Waals surface area contributed by atoms with E-state index in [0.717, 1.165) is 33.4 Å². The highest BCUT2D eigenvalue weighted by Crippen LogP contribution is 2.21. The van der Waals surface area contributed by atoms with Crippen LogP contribution in [0.25, 0.3) is 10.8 Å². The molecule has 0 bridgehead atoms. The van der Waals surface area contributed by atoms with E-state index in [-0.39, 0.29) is 5.91 Å². The van der Waals surface area contributed by atoms with Crippen molar-refractivity contribution in [3.05, 3.63) is 95.3 Å². The molecule has 0 radical (unpaired) electrons. The van der Waals surface area contributed by atoms with Crippen LogP contribution in [-0.2, 0) is 6.54 Å². The maximum Gasteiger partial charge on any atom is 0.259 e. The molecule has 4 nitrogen and oxygen atoms in total. The normalized spacial score (nSPS) is 10.9. The SMILES string of the molecule is Cc1nn(Cc2ccccc2)c(C)c1C(=O)Nc1ccc2ccccc2c1. The van der Waals surface area contributed by atoms with Crippen LogP contribution in [0.2, 0.25) is 0 Å². The number of benzene rings is 3. The zero-order chi connectivity index (χ0) is 18.8. The largest absolute Gasteiger partial charge is 0.322 e. The molecule has 0 spiro atoms. The molecule has 0 aliphatic rings. The maximum atomic E-state index is 12.9. The first-order chi connectivity index (χ1) is 13.1. The number of anilines is 1. The number of fused-ring (bicyclic) bond motifs is 1. The Kier molecular flexibility index (Phi) is 4.47. The van der Waals surface area contributed by atoms with Crippen LogP contribution in [0.4, 0.5) is 5.69 Å². The first-order valence-corrected chi connectivity index (χ1v) is 9.00. The van der Waals surface area contributed by atoms with Gasteiger partial charge in [-0.05, 0) is 42.3 Å². The molecule has 4 rings (SSSR count). The molecule has 0 unspecified atom stereocenters. The van der Waals surface area contributed by atoms with Crippen LogP contribution in [0.5, 0.6) is 0 Å². The molecule has 3 aromatic carbocycles. The third-order valence-electron chi connectivity index (χ3n) is 4.79. The van der Waals surface area contributed by atoms with Gasteiger partial charge in [-0.25, -0.2) is 0 Å². The first-order valence-electron chi connectivity index (χ1n) is 9.00. The molecule has 27 heavy (non-hydrogen) atoms. The molecule has 4 aromatic rings. The third kappa shape index (κ3) is 3.47. The molecule has 0 fully saturated rings. The Morgan fingerprint density at radius 3 is 2.41 bits per heavy atom. The summed E-state index contributed by atoms with van der Waals surface area (Å²) in [5, 5.41) is 9.84. The van der Waals surface area contributed by atoms with Gasteiger partial charge in [0.15, 0.2) is 0 Å². The van der Waals surface area contributed by atoms with Gasteiger partial charge >= 0.3 is 0 Å². The van der Waals surface area contributed by atoms with E-state index < -0.39 is 0 Å². The monoisotopic (exact) mass is 355 g/mol. The number of aryl methyl sites for hydroxylation is 1. The Balaban J connectivity index is 1.59. The average molecular weight is 355 g/mol. The number of hydrogen-bond donors (Lipinski definition) is 1. The van der Waals surface area contributed by atoms with Crippen LogP contribution in [0.1, 0.15) is 27.3 Å². The fraction of sp³-hybridized carbons (Fsp3) is 0.130. The Bertz CT molecular complexity index is 1110. The summed E-state index contributed by atoms with van der Waals surface area (Å²) in [4.78, 5) is 12.9. The Labute approximate surface area is 158 Å². The van der Waals surface area contributed by atoms with Crippen LogP contribution in [0, 0.1) is 13.8 Å². The van der Waals surface area contributed by atoms with Gasteiger partial charge in [-0.3, -0.25) is 9.48 Å². The summed E-state index contributed by atoms with van der Waals surface area (Å²) in [6.07, 6.45) is 0. The second-order valence-electron chi connectivity index (χ2n) is 6.71. The minimum atomic E-state index is -0.125. The fourth-order valence-electron chi connectivity index (χ4n) is 3.40. The minimum absolute atomic E-state index is 0.125. The van der Waals surface area contributed by atoms with Gasteiger partial charge in [0.2, 0.25) is 0 Å². The van der Waals surface area contributed by atoms with E-state index in [2.05, 4.69) is 28.6 Å². The highest BCUT2D eigenvalue weighted by molar-refractivity contribution is 6.06. The Hall–Kier alpha value is -3.40. The highest BCUT2D eigenvalue weighted by Gasteiger charge is 2.19. The van der Waals surface area contributed by atoms with Crippen molar-refractivity contribution in [3.8, 4) is 0 Å². The molecule has 0 saturated heterocycles. The van der Waals surface area contributed by atoms with E-state index >= 15 is 0 Å². The molecular formula is C23H21N3O. The van der Waals surface area contributed by atoms with Gasteiger partial charge in [-0.2, -0.15) is 5.10 Å². The van der Waals surface area contributed by atoms with Crippen LogP contribution in [0.3, 0.4) is 0 Å². The van der Waals surface area contributed by atoms with Gasteiger partial charge in [0.25, 0.3) is 5.91 Å². The van der Waals surface area contributed by atoms with Crippen LogP contribution in [0.15, 0.2) is 72.8 Å². The average Bonchev–Trinajstić information content (AvgIpc) is 2.95. The fourth-order valence-corrected chi connectivity index (χ4v) is 3.40. The lowest BCUT2D eigenvalue weighted by Crippen LogP contribution is -2.14. The molecule has 0 aliphatic heterocycles. The number of hydrogen-bond acceptors (Lipinski definition) is 2. The highest BCUT2D eigenvalue weighted by atomic mass is 16.1. The van der Waals surface area contributed by atoms with Gasteiger partial charge in [0, 0.05) is 11.4 Å². The van der Waals surface area contributed by atoms with E-state index in [4.69, 9.17) is 0 Å². The second kappa shape index (κ2) is 7.08. The summed E-state index contributed by atoms with van der Waals surface area (Å²) in [7, 11) is 0. The summed E-state index contributed by atoms with van der Waals surface area (Å²) in [5.74, 6) is -0.125. The number of nitrogens with zero attached hydrogens (tertiary/aromatic N) is 2. The van der Waals surface area contributed by atoms with E-state index in [1.165, 1.54) is 0 Å². The molecule has 4 heteroatoms. The molecule has 1 amide bonds. The Morgan fingerprint density at radius 2 is 1.63 bits per heavy atom. The first kappa shape index (κ1) is 17.0. The zero-order valence-corrected chi connectivity index (χ0v) is 15.4. The minimum Gasteiger partial charge on any atom is -0.322 e. The van der Waals surface area contributed by atoms with E-state index in [9.17, 15) is 4.79 Å².